The fraction of sp³-hybridized carbons (Fsp3) is 0.0980. The van der Waals surface area contributed by atoms with Crippen molar-refractivity contribution in [3.05, 3.63) is 191 Å². The second-order valence-corrected chi connectivity index (χ2v) is 15.0. The number of hydrogen-bond acceptors (Lipinski definition) is 6. The fourth-order valence-electron chi connectivity index (χ4n) is 6.92. The molecule has 0 radical (unpaired) electrons. The van der Waals surface area contributed by atoms with E-state index in [0.29, 0.717) is 73.3 Å². The number of nitrogens with zero attached hydrogens (tertiary/aromatic N) is 2. The minimum absolute atomic E-state index is 0.0553. The summed E-state index contributed by atoms with van der Waals surface area (Å²) < 4.78 is 77.3. The van der Waals surface area contributed by atoms with E-state index in [9.17, 15) is 45.5 Å². The molecular formula is C51H37F6N5O5. The van der Waals surface area contributed by atoms with Crippen molar-refractivity contribution in [3.63, 3.8) is 0 Å². The number of nitrogens with one attached hydrogen (secondary N) is 3. The van der Waals surface area contributed by atoms with Crippen LogP contribution in [0.25, 0.3) is 44.1 Å². The number of fused-ring (bicyclic) bond motifs is 2. The van der Waals surface area contributed by atoms with Crippen LogP contribution in [0.3, 0.4) is 0 Å². The zero-order valence-corrected chi connectivity index (χ0v) is 35.2. The lowest BCUT2D eigenvalue weighted by Gasteiger charge is -2.12. The molecule has 3 amide bonds. The zero-order valence-electron chi connectivity index (χ0n) is 35.2. The number of amides is 3. The summed E-state index contributed by atoms with van der Waals surface area (Å²) in [5.41, 5.74) is 3.64. The van der Waals surface area contributed by atoms with Crippen LogP contribution in [-0.4, -0.2) is 45.3 Å². The van der Waals surface area contributed by atoms with Gasteiger partial charge in [-0.3, -0.25) is 24.4 Å². The first-order valence-corrected chi connectivity index (χ1v) is 20.5. The third kappa shape index (κ3) is 11.3. The molecule has 8 aromatic rings. The van der Waals surface area contributed by atoms with Crippen LogP contribution >= 0.6 is 0 Å². The van der Waals surface area contributed by atoms with E-state index in [-0.39, 0.29) is 11.5 Å². The van der Waals surface area contributed by atoms with E-state index in [0.717, 1.165) is 36.1 Å². The number of carbonyl (C=O) groups is 4. The average Bonchev–Trinajstić information content (AvgIpc) is 3.32. The summed E-state index contributed by atoms with van der Waals surface area (Å²) in [5, 5.41) is 18.8. The van der Waals surface area contributed by atoms with E-state index in [4.69, 9.17) is 5.11 Å². The van der Waals surface area contributed by atoms with Crippen LogP contribution in [-0.2, 0) is 12.4 Å². The molecule has 2 heterocycles. The van der Waals surface area contributed by atoms with Crippen LogP contribution in [0, 0.1) is 0 Å². The maximum Gasteiger partial charge on any atom is 0.416 e. The summed E-state index contributed by atoms with van der Waals surface area (Å²) in [6.07, 6.45) is -5.32. The third-order valence-electron chi connectivity index (χ3n) is 10.3. The van der Waals surface area contributed by atoms with E-state index in [1.165, 1.54) is 42.7 Å². The second-order valence-electron chi connectivity index (χ2n) is 15.0. The third-order valence-corrected chi connectivity index (χ3v) is 10.3. The molecular weight excluding hydrogens is 877 g/mol. The Labute approximate surface area is 378 Å². The van der Waals surface area contributed by atoms with Crippen molar-refractivity contribution in [2.24, 2.45) is 0 Å². The monoisotopic (exact) mass is 913 g/mol. The van der Waals surface area contributed by atoms with Crippen molar-refractivity contribution in [3.8, 4) is 22.3 Å². The van der Waals surface area contributed by atoms with Crippen molar-refractivity contribution >= 4 is 56.9 Å². The molecule has 16 heteroatoms. The molecule has 0 spiro atoms. The minimum Gasteiger partial charge on any atom is -0.478 e. The van der Waals surface area contributed by atoms with Gasteiger partial charge in [0.1, 0.15) is 0 Å². The fourth-order valence-corrected chi connectivity index (χ4v) is 6.92. The Morgan fingerprint density at radius 2 is 0.940 bits per heavy atom. The Kier molecular flexibility index (Phi) is 13.8. The number of carboxylic acids is 1. The van der Waals surface area contributed by atoms with Crippen molar-refractivity contribution in [2.45, 2.75) is 25.7 Å². The smallest absolute Gasteiger partial charge is 0.416 e. The van der Waals surface area contributed by atoms with Gasteiger partial charge in [0.05, 0.1) is 33.3 Å². The molecule has 6 aromatic carbocycles. The zero-order chi connectivity index (χ0) is 47.9. The van der Waals surface area contributed by atoms with Crippen LogP contribution in [0.2, 0.25) is 0 Å². The molecule has 0 aliphatic heterocycles. The Morgan fingerprint density at radius 1 is 0.522 bits per heavy atom. The van der Waals surface area contributed by atoms with Crippen molar-refractivity contribution in [1.29, 1.82) is 0 Å². The first kappa shape index (κ1) is 46.6. The van der Waals surface area contributed by atoms with Crippen LogP contribution < -0.4 is 16.0 Å². The lowest BCUT2D eigenvalue weighted by molar-refractivity contribution is -0.138. The van der Waals surface area contributed by atoms with Gasteiger partial charge in [0.25, 0.3) is 17.7 Å². The van der Waals surface area contributed by atoms with Crippen LogP contribution in [0.5, 0.6) is 0 Å². The first-order valence-electron chi connectivity index (χ1n) is 20.5. The maximum absolute atomic E-state index is 13.0. The predicted octanol–water partition coefficient (Wildman–Crippen LogP) is 12.2. The molecule has 0 fully saturated rings. The second kappa shape index (κ2) is 19.8. The van der Waals surface area contributed by atoms with E-state index < -0.39 is 41.3 Å². The number of carbonyl (C=O) groups excluding carboxylic acids is 3. The number of benzene rings is 6. The molecule has 67 heavy (non-hydrogen) atoms. The minimum atomic E-state index is -4.44. The molecule has 338 valence electrons. The highest BCUT2D eigenvalue weighted by atomic mass is 19.4. The van der Waals surface area contributed by atoms with Crippen LogP contribution in [0.15, 0.2) is 158 Å². The van der Waals surface area contributed by atoms with Crippen molar-refractivity contribution in [1.82, 2.24) is 15.3 Å². The van der Waals surface area contributed by atoms with E-state index in [1.807, 2.05) is 6.92 Å². The highest BCUT2D eigenvalue weighted by Gasteiger charge is 2.31. The van der Waals surface area contributed by atoms with Gasteiger partial charge in [0.15, 0.2) is 0 Å². The van der Waals surface area contributed by atoms with E-state index in [2.05, 4.69) is 25.9 Å². The number of aromatic carboxylic acids is 1. The van der Waals surface area contributed by atoms with Gasteiger partial charge in [0.2, 0.25) is 0 Å². The van der Waals surface area contributed by atoms with Gasteiger partial charge in [-0.25, -0.2) is 4.79 Å². The van der Waals surface area contributed by atoms with E-state index >= 15 is 0 Å². The Bertz CT molecular complexity index is 3140. The highest BCUT2D eigenvalue weighted by molar-refractivity contribution is 6.10. The molecule has 8 rings (SSSR count). The highest BCUT2D eigenvalue weighted by Crippen LogP contribution is 2.34. The average molecular weight is 914 g/mol. The Hall–Kier alpha value is -8.40. The number of carboxylic acid groups (broad SMARTS) is 1. The molecule has 0 unspecified atom stereocenters. The summed E-state index contributed by atoms with van der Waals surface area (Å²) >= 11 is 0. The van der Waals surface area contributed by atoms with Gasteiger partial charge in [0, 0.05) is 52.2 Å². The summed E-state index contributed by atoms with van der Waals surface area (Å²) in [4.78, 5) is 57.7. The number of alkyl halides is 6. The van der Waals surface area contributed by atoms with Crippen molar-refractivity contribution in [2.75, 3.05) is 17.2 Å². The van der Waals surface area contributed by atoms with Crippen molar-refractivity contribution < 1.29 is 50.6 Å². The molecule has 10 nitrogen and oxygen atoms in total. The predicted molar refractivity (Wildman–Crippen MR) is 243 cm³/mol. The van der Waals surface area contributed by atoms with Crippen LogP contribution in [0.4, 0.5) is 37.7 Å². The number of halogens is 6. The molecule has 0 bridgehead atoms. The number of pyridine rings is 2. The summed E-state index contributed by atoms with van der Waals surface area (Å²) in [6.45, 7) is 2.55. The Morgan fingerprint density at radius 3 is 1.36 bits per heavy atom. The lowest BCUT2D eigenvalue weighted by atomic mass is 9.98. The Balaban J connectivity index is 0.000000200. The topological polar surface area (TPSA) is 150 Å². The molecule has 0 atom stereocenters. The van der Waals surface area contributed by atoms with Gasteiger partial charge in [-0.15, -0.1) is 0 Å². The molecule has 0 saturated carbocycles. The number of anilines is 2. The summed E-state index contributed by atoms with van der Waals surface area (Å²) in [6, 6.07) is 35.9. The summed E-state index contributed by atoms with van der Waals surface area (Å²) in [5.74, 6) is -2.13. The SMILES string of the molecule is CCCNC(=O)c1cnc2cc(NC(=O)c3ccccc3-c3ccc(C(F)(F)F)cc3)ccc2c1.O=C(O)c1cnc2cc(NC(=O)c3ccccc3-c3ccc(C(F)(F)F)cc3)ccc2c1. The molecule has 2 aromatic heterocycles. The van der Waals surface area contributed by atoms with Crippen LogP contribution in [0.1, 0.15) is 65.9 Å². The van der Waals surface area contributed by atoms with Gasteiger partial charge in [-0.2, -0.15) is 26.3 Å². The molecule has 0 aliphatic carbocycles. The van der Waals surface area contributed by atoms with Gasteiger partial charge < -0.3 is 21.1 Å². The first-order chi connectivity index (χ1) is 32.0. The maximum atomic E-state index is 13.0. The molecule has 4 N–H and O–H groups in total. The molecule has 0 saturated heterocycles. The number of hydrogen-bond donors (Lipinski definition) is 4. The van der Waals surface area contributed by atoms with Gasteiger partial charge in [-0.05, 0) is 101 Å². The standard InChI is InChI=1S/C27H22F3N3O2.C24H15F3N2O3/c1-2-13-31-25(34)19-14-18-9-12-21(15-24(18)32-16-19)33-26(35)23-6-4-3-5-22(23)17-7-10-20(11-8-17)27(28,29)30;25-24(26,27)17-8-5-14(6-9-17)19-3-1-2-4-20(19)22(30)29-18-10-7-15-11-16(23(31)32)13-28-21(15)12-18/h3-12,14-16H,2,13H2,1H3,(H,31,34)(H,33,35);1-13H,(H,29,30)(H,31,32). The number of rotatable bonds is 10. The largest absolute Gasteiger partial charge is 0.478 e. The van der Waals surface area contributed by atoms with E-state index in [1.54, 1.807) is 91.0 Å². The lowest BCUT2D eigenvalue weighted by Crippen LogP contribution is -2.24. The molecule has 0 aliphatic rings. The normalized spacial score (nSPS) is 11.3. The quantitative estimate of drug-likeness (QED) is 0.0998. The summed E-state index contributed by atoms with van der Waals surface area (Å²) in [7, 11) is 0. The number of aromatic nitrogens is 2. The van der Waals surface area contributed by atoms with Gasteiger partial charge in [-0.1, -0.05) is 79.7 Å². The van der Waals surface area contributed by atoms with Gasteiger partial charge >= 0.3 is 18.3 Å².